The van der Waals surface area contributed by atoms with E-state index in [1.807, 2.05) is 52.3 Å². The lowest BCUT2D eigenvalue weighted by atomic mass is 9.96. The number of rotatable bonds is 2. The summed E-state index contributed by atoms with van der Waals surface area (Å²) in [4.78, 5) is 16.6. The molecule has 0 saturated carbocycles. The molecule has 1 atom stereocenters. The largest absolute Gasteiger partial charge is 0.493 e. The lowest BCUT2D eigenvalue weighted by Crippen LogP contribution is -2.43. The van der Waals surface area contributed by atoms with E-state index in [2.05, 4.69) is 29.7 Å². The number of allylic oxidation sites excluding steroid dienone is 1. The predicted molar refractivity (Wildman–Crippen MR) is 178 cm³/mol. The van der Waals surface area contributed by atoms with Gasteiger partial charge in [0.2, 0.25) is 0 Å². The van der Waals surface area contributed by atoms with Gasteiger partial charge in [0.05, 0.1) is 54.5 Å². The molecule has 2 aliphatic rings. The molecule has 6 heterocycles. The van der Waals surface area contributed by atoms with Crippen molar-refractivity contribution in [1.29, 1.82) is 0 Å². The Kier molecular flexibility index (Phi) is 8.39. The number of carbonyl (C=O) groups excluding carboxylic acids is 1. The summed E-state index contributed by atoms with van der Waals surface area (Å²) < 4.78 is 47.3. The second-order valence-electron chi connectivity index (χ2n) is 11.6. The van der Waals surface area contributed by atoms with Crippen LogP contribution in [0.25, 0.3) is 54.8 Å². The smallest absolute Gasteiger partial charge is 0.142 e. The van der Waals surface area contributed by atoms with Crippen molar-refractivity contribution in [3.8, 4) is 39.5 Å². The third kappa shape index (κ3) is 5.73. The number of thiophene rings is 1. The zero-order chi connectivity index (χ0) is 32.7. The highest BCUT2D eigenvalue weighted by molar-refractivity contribution is 7.18. The monoisotopic (exact) mass is 654 g/mol. The van der Waals surface area contributed by atoms with Gasteiger partial charge in [0.1, 0.15) is 35.1 Å². The van der Waals surface area contributed by atoms with E-state index in [-0.39, 0.29) is 24.0 Å². The minimum absolute atomic E-state index is 0.138. The molecule has 3 bridgehead atoms. The summed E-state index contributed by atoms with van der Waals surface area (Å²) in [6, 6.07) is 12.5. The van der Waals surface area contributed by atoms with E-state index < -0.39 is 11.6 Å². The highest BCUT2D eigenvalue weighted by Crippen LogP contribution is 2.47. The van der Waals surface area contributed by atoms with Gasteiger partial charge in [-0.1, -0.05) is 12.6 Å². The highest BCUT2D eigenvalue weighted by Gasteiger charge is 2.30. The first-order chi connectivity index (χ1) is 22.9. The van der Waals surface area contributed by atoms with Crippen LogP contribution in [-0.2, 0) is 29.7 Å². The van der Waals surface area contributed by atoms with E-state index >= 15 is 4.39 Å². The Morgan fingerprint density at radius 2 is 1.91 bits per heavy atom. The van der Waals surface area contributed by atoms with E-state index in [4.69, 9.17) is 24.4 Å². The maximum Gasteiger partial charge on any atom is 0.142 e. The Morgan fingerprint density at radius 3 is 2.74 bits per heavy atom. The van der Waals surface area contributed by atoms with E-state index in [1.165, 1.54) is 23.5 Å². The molecule has 4 aromatic heterocycles. The molecule has 0 radical (unpaired) electrons. The molecular formula is C35H32F2N6O3S. The molecule has 0 saturated heterocycles. The van der Waals surface area contributed by atoms with Crippen LogP contribution >= 0.6 is 11.3 Å². The van der Waals surface area contributed by atoms with Crippen LogP contribution in [0.15, 0.2) is 66.7 Å². The Bertz CT molecular complexity index is 2130. The standard InChI is InChI=1S/C32H28F2N6O2S.C3H4O/c1-38-15-21-13-25-31-29(32-23(6-9-43-32)30(36-31)18-4-5-26-19(10-18)14-35-39(26)2)28-24(34)11-20(33)12-27(28)42-8-3-7-41-17-22(38)16-40(21)37-25;1-2-3-4/h4-6,9-14,22H,3,7-8,15-17H2,1-2H3;2-3H,1H2. The molecular weight excluding hydrogens is 622 g/mol. The average Bonchev–Trinajstić information content (AvgIpc) is 3.80. The van der Waals surface area contributed by atoms with Crippen LogP contribution in [0.1, 0.15) is 12.1 Å². The third-order valence-corrected chi connectivity index (χ3v) is 9.45. The molecule has 9 nitrogen and oxygen atoms in total. The first-order valence-electron chi connectivity index (χ1n) is 15.2. The average molecular weight is 655 g/mol. The number of aryl methyl sites for hydroxylation is 1. The molecule has 0 N–H and O–H groups in total. The number of hydrogen-bond acceptors (Lipinski definition) is 8. The Balaban J connectivity index is 0.000000833. The van der Waals surface area contributed by atoms with Crippen LogP contribution in [0.5, 0.6) is 5.75 Å². The summed E-state index contributed by atoms with van der Waals surface area (Å²) in [7, 11) is 4.00. The Morgan fingerprint density at radius 1 is 1.06 bits per heavy atom. The van der Waals surface area contributed by atoms with Gasteiger partial charge in [-0.3, -0.25) is 19.1 Å². The number of ether oxygens (including phenoxy) is 2. The van der Waals surface area contributed by atoms with E-state index in [0.717, 1.165) is 44.0 Å². The van der Waals surface area contributed by atoms with Crippen molar-refractivity contribution in [2.75, 3.05) is 26.9 Å². The number of aromatic nitrogens is 5. The number of fused-ring (bicyclic) bond motifs is 9. The predicted octanol–water partition coefficient (Wildman–Crippen LogP) is 6.64. The van der Waals surface area contributed by atoms with Crippen molar-refractivity contribution in [3.05, 3.63) is 84.0 Å². The Labute approximate surface area is 273 Å². The number of pyridine rings is 1. The van der Waals surface area contributed by atoms with Gasteiger partial charge in [0, 0.05) is 65.4 Å². The summed E-state index contributed by atoms with van der Waals surface area (Å²) in [5.74, 6) is -1.27. The van der Waals surface area contributed by atoms with E-state index in [9.17, 15) is 4.39 Å². The molecule has 2 aromatic carbocycles. The molecule has 1 unspecified atom stereocenters. The summed E-state index contributed by atoms with van der Waals surface area (Å²) in [5, 5.41) is 13.3. The van der Waals surface area contributed by atoms with Gasteiger partial charge in [-0.2, -0.15) is 10.2 Å². The zero-order valence-corrected chi connectivity index (χ0v) is 26.8. The molecule has 0 amide bonds. The number of halogens is 2. The van der Waals surface area contributed by atoms with E-state index in [0.29, 0.717) is 56.0 Å². The number of likely N-dealkylation sites (N-methyl/N-ethyl adjacent to an activating group) is 1. The van der Waals surface area contributed by atoms with Crippen LogP contribution in [0.2, 0.25) is 0 Å². The molecule has 0 fully saturated rings. The summed E-state index contributed by atoms with van der Waals surface area (Å²) in [6.07, 6.45) is 4.25. The van der Waals surface area contributed by atoms with Crippen molar-refractivity contribution < 1.29 is 23.0 Å². The topological polar surface area (TPSA) is 87.3 Å². The summed E-state index contributed by atoms with van der Waals surface area (Å²) >= 11 is 1.49. The molecule has 2 aliphatic heterocycles. The Hall–Kier alpha value is -4.78. The second-order valence-corrected chi connectivity index (χ2v) is 12.5. The normalized spacial score (nSPS) is 16.4. The molecule has 8 rings (SSSR count). The van der Waals surface area contributed by atoms with Crippen LogP contribution in [0, 0.1) is 11.6 Å². The fourth-order valence-electron chi connectivity index (χ4n) is 6.20. The maximum absolute atomic E-state index is 16.0. The van der Waals surface area contributed by atoms with Gasteiger partial charge >= 0.3 is 0 Å². The lowest BCUT2D eigenvalue weighted by molar-refractivity contribution is -0.104. The van der Waals surface area contributed by atoms with Gasteiger partial charge in [0.25, 0.3) is 0 Å². The fraction of sp³-hybridized carbons (Fsp3) is 0.257. The molecule has 0 aliphatic carbocycles. The van der Waals surface area contributed by atoms with Gasteiger partial charge in [0.15, 0.2) is 0 Å². The van der Waals surface area contributed by atoms with Crippen LogP contribution < -0.4 is 4.74 Å². The van der Waals surface area contributed by atoms with Gasteiger partial charge < -0.3 is 9.47 Å². The minimum Gasteiger partial charge on any atom is -0.493 e. The van der Waals surface area contributed by atoms with Crippen molar-refractivity contribution in [2.45, 2.75) is 25.6 Å². The second kappa shape index (κ2) is 12.8. The number of aldehydes is 1. The summed E-state index contributed by atoms with van der Waals surface area (Å²) in [6.45, 7) is 5.76. The first kappa shape index (κ1) is 30.9. The van der Waals surface area contributed by atoms with Crippen molar-refractivity contribution in [1.82, 2.24) is 29.4 Å². The number of carbonyl (C=O) groups is 1. The van der Waals surface area contributed by atoms with Crippen LogP contribution in [-0.4, -0.2) is 68.6 Å². The molecule has 240 valence electrons. The minimum atomic E-state index is -0.707. The summed E-state index contributed by atoms with van der Waals surface area (Å²) in [5.41, 5.74) is 5.62. The van der Waals surface area contributed by atoms with Crippen molar-refractivity contribution in [2.24, 2.45) is 7.05 Å². The highest BCUT2D eigenvalue weighted by atomic mass is 32.1. The van der Waals surface area contributed by atoms with Crippen molar-refractivity contribution in [3.63, 3.8) is 0 Å². The number of benzene rings is 2. The molecule has 12 heteroatoms. The molecule has 0 spiro atoms. The fourth-order valence-corrected chi connectivity index (χ4v) is 7.15. The SMILES string of the molecule is C=CC=O.CN1Cc2cc3nn2CC1COCCCOc1cc(F)cc(F)c1-c1c-3nc(-c2ccc3c(cnn3C)c2)c2ccsc12. The number of hydrogen-bond donors (Lipinski definition) is 0. The molecule has 47 heavy (non-hydrogen) atoms. The first-order valence-corrected chi connectivity index (χ1v) is 16.1. The van der Waals surface area contributed by atoms with Gasteiger partial charge in [-0.05, 0) is 42.8 Å². The van der Waals surface area contributed by atoms with Gasteiger partial charge in [-0.25, -0.2) is 13.8 Å². The molecule has 6 aromatic rings. The zero-order valence-electron chi connectivity index (χ0n) is 26.0. The van der Waals surface area contributed by atoms with Gasteiger partial charge in [-0.15, -0.1) is 11.3 Å². The van der Waals surface area contributed by atoms with Crippen LogP contribution in [0.3, 0.4) is 0 Å². The van der Waals surface area contributed by atoms with E-state index in [1.54, 1.807) is 0 Å². The maximum atomic E-state index is 16.0. The lowest BCUT2D eigenvalue weighted by Gasteiger charge is -2.32. The third-order valence-electron chi connectivity index (χ3n) is 8.52. The number of nitrogens with zero attached hydrogens (tertiary/aromatic N) is 6. The quantitative estimate of drug-likeness (QED) is 0.153. The van der Waals surface area contributed by atoms with Crippen molar-refractivity contribution >= 4 is 38.6 Å². The van der Waals surface area contributed by atoms with Crippen LogP contribution in [0.4, 0.5) is 8.78 Å².